The van der Waals surface area contributed by atoms with Crippen LogP contribution in [0.3, 0.4) is 0 Å². The predicted molar refractivity (Wildman–Crippen MR) is 48.2 cm³/mol. The number of nitrogens with zero attached hydrogens (tertiary/aromatic N) is 1. The van der Waals surface area contributed by atoms with Crippen LogP contribution in [-0.2, 0) is 6.42 Å². The molecule has 2 unspecified atom stereocenters. The van der Waals surface area contributed by atoms with Crippen LogP contribution < -0.4 is 5.06 Å². The van der Waals surface area contributed by atoms with Gasteiger partial charge >= 0.3 is 0 Å². The highest BCUT2D eigenvalue weighted by Gasteiger charge is 2.24. The first kappa shape index (κ1) is 8.24. The van der Waals surface area contributed by atoms with Crippen molar-refractivity contribution in [2.45, 2.75) is 18.9 Å². The molecule has 0 aliphatic carbocycles. The number of quaternary nitrogens is 1. The van der Waals surface area contributed by atoms with Gasteiger partial charge in [-0.05, 0) is 12.5 Å². The normalized spacial score (nSPS) is 26.2. The van der Waals surface area contributed by atoms with Gasteiger partial charge in [0.25, 0.3) is 0 Å². The molecule has 1 N–H and O–H groups in total. The zero-order valence-corrected chi connectivity index (χ0v) is 7.16. The number of hydrogen-bond donors (Lipinski definition) is 1. The van der Waals surface area contributed by atoms with Crippen molar-refractivity contribution in [2.75, 3.05) is 0 Å². The van der Waals surface area contributed by atoms with Gasteiger partial charge < -0.3 is 10.3 Å². The fraction of sp³-hybridized carbons (Fsp3) is 0.300. The zero-order chi connectivity index (χ0) is 9.26. The molecule has 1 aliphatic heterocycles. The van der Waals surface area contributed by atoms with Gasteiger partial charge in [-0.2, -0.15) is 5.26 Å². The molecule has 0 saturated heterocycles. The summed E-state index contributed by atoms with van der Waals surface area (Å²) in [6.45, 7) is 0. The lowest BCUT2D eigenvalue weighted by Gasteiger charge is -2.32. The molecule has 13 heavy (non-hydrogen) atoms. The standard InChI is InChI=1S/C10H10N2O/c11-7-9-6-5-8-3-1-2-4-10(8)12(9)13/h1-4,9,12H,5-6H2. The molecule has 3 heteroatoms. The third-order valence-corrected chi connectivity index (χ3v) is 2.46. The topological polar surface area (TPSA) is 51.3 Å². The van der Waals surface area contributed by atoms with Crippen LogP contribution in [0.15, 0.2) is 24.3 Å². The average molecular weight is 174 g/mol. The highest BCUT2D eigenvalue weighted by molar-refractivity contribution is 5.41. The summed E-state index contributed by atoms with van der Waals surface area (Å²) in [4.78, 5) is 0. The molecular weight excluding hydrogens is 164 g/mol. The van der Waals surface area contributed by atoms with Crippen LogP contribution in [-0.4, -0.2) is 6.04 Å². The average Bonchev–Trinajstić information content (AvgIpc) is 2.19. The predicted octanol–water partition coefficient (Wildman–Crippen LogP) is 0.539. The van der Waals surface area contributed by atoms with Crippen LogP contribution in [0.1, 0.15) is 12.0 Å². The van der Waals surface area contributed by atoms with Gasteiger partial charge in [0, 0.05) is 12.0 Å². The van der Waals surface area contributed by atoms with Gasteiger partial charge in [0.15, 0.2) is 6.04 Å². The Balaban J connectivity index is 2.40. The number of para-hydroxylation sites is 1. The molecule has 0 amide bonds. The van der Waals surface area contributed by atoms with E-state index in [-0.39, 0.29) is 5.06 Å². The zero-order valence-electron chi connectivity index (χ0n) is 7.16. The summed E-state index contributed by atoms with van der Waals surface area (Å²) < 4.78 is 0. The van der Waals surface area contributed by atoms with Crippen molar-refractivity contribution in [3.63, 3.8) is 0 Å². The van der Waals surface area contributed by atoms with E-state index in [4.69, 9.17) is 5.26 Å². The third kappa shape index (κ3) is 1.31. The van der Waals surface area contributed by atoms with Crippen molar-refractivity contribution in [1.82, 2.24) is 0 Å². The molecule has 0 fully saturated rings. The highest BCUT2D eigenvalue weighted by atomic mass is 16.5. The number of fused-ring (bicyclic) bond motifs is 1. The van der Waals surface area contributed by atoms with Gasteiger partial charge in [-0.3, -0.25) is 0 Å². The Morgan fingerprint density at radius 2 is 2.23 bits per heavy atom. The fourth-order valence-electron chi connectivity index (χ4n) is 1.72. The highest BCUT2D eigenvalue weighted by Crippen LogP contribution is 2.17. The Kier molecular flexibility index (Phi) is 2.01. The summed E-state index contributed by atoms with van der Waals surface area (Å²) in [7, 11) is 0. The molecule has 0 saturated carbocycles. The molecule has 66 valence electrons. The van der Waals surface area contributed by atoms with Gasteiger partial charge in [-0.25, -0.2) is 0 Å². The molecule has 1 aliphatic rings. The molecule has 2 atom stereocenters. The molecule has 0 spiro atoms. The number of benzene rings is 1. The second-order valence-electron chi connectivity index (χ2n) is 3.24. The summed E-state index contributed by atoms with van der Waals surface area (Å²) >= 11 is 0. The van der Waals surface area contributed by atoms with Crippen LogP contribution in [0.2, 0.25) is 0 Å². The van der Waals surface area contributed by atoms with E-state index in [0.717, 1.165) is 17.7 Å². The number of hydroxylamine groups is 1. The van der Waals surface area contributed by atoms with Crippen molar-refractivity contribution < 1.29 is 5.06 Å². The number of hydrogen-bond acceptors (Lipinski definition) is 2. The Morgan fingerprint density at radius 3 is 3.00 bits per heavy atom. The maximum absolute atomic E-state index is 11.6. The van der Waals surface area contributed by atoms with Crippen LogP contribution >= 0.6 is 0 Å². The quantitative estimate of drug-likeness (QED) is 0.583. The summed E-state index contributed by atoms with van der Waals surface area (Å²) in [6, 6.07) is 9.16. The Hall–Kier alpha value is -1.37. The molecule has 0 radical (unpaired) electrons. The van der Waals surface area contributed by atoms with Gasteiger partial charge in [-0.15, -0.1) is 0 Å². The lowest BCUT2D eigenvalue weighted by molar-refractivity contribution is -0.800. The van der Waals surface area contributed by atoms with Crippen LogP contribution in [0.25, 0.3) is 0 Å². The van der Waals surface area contributed by atoms with Crippen molar-refractivity contribution in [3.8, 4) is 6.07 Å². The van der Waals surface area contributed by atoms with Crippen molar-refractivity contribution in [3.05, 3.63) is 35.0 Å². The number of rotatable bonds is 0. The minimum atomic E-state index is -0.421. The molecule has 2 rings (SSSR count). The van der Waals surface area contributed by atoms with E-state index >= 15 is 0 Å². The number of nitriles is 1. The molecule has 1 aromatic carbocycles. The van der Waals surface area contributed by atoms with E-state index in [1.165, 1.54) is 0 Å². The Labute approximate surface area is 76.8 Å². The second kappa shape index (κ2) is 3.17. The van der Waals surface area contributed by atoms with E-state index in [0.29, 0.717) is 6.42 Å². The summed E-state index contributed by atoms with van der Waals surface area (Å²) in [5.41, 5.74) is 1.82. The maximum atomic E-state index is 11.6. The SMILES string of the molecule is N#CC1CCc2ccccc2[NH+]1[O-]. The van der Waals surface area contributed by atoms with Crippen LogP contribution in [0, 0.1) is 16.5 Å². The van der Waals surface area contributed by atoms with E-state index in [1.54, 1.807) is 6.07 Å². The van der Waals surface area contributed by atoms with E-state index < -0.39 is 6.04 Å². The minimum absolute atomic E-state index is 0.00986. The first-order valence-corrected chi connectivity index (χ1v) is 4.34. The van der Waals surface area contributed by atoms with Crippen LogP contribution in [0.5, 0.6) is 0 Å². The third-order valence-electron chi connectivity index (χ3n) is 2.46. The molecular formula is C10H10N2O. The number of aryl methyl sites for hydroxylation is 1. The monoisotopic (exact) mass is 174 g/mol. The summed E-state index contributed by atoms with van der Waals surface area (Å²) in [5, 5.41) is 20.3. The largest absolute Gasteiger partial charge is 0.628 e. The lowest BCUT2D eigenvalue weighted by atomic mass is 9.98. The van der Waals surface area contributed by atoms with Crippen LogP contribution in [0.4, 0.5) is 5.69 Å². The molecule has 0 aromatic heterocycles. The Morgan fingerprint density at radius 1 is 1.46 bits per heavy atom. The van der Waals surface area contributed by atoms with Gasteiger partial charge in [0.2, 0.25) is 0 Å². The number of nitrogens with one attached hydrogen (secondary N) is 1. The van der Waals surface area contributed by atoms with Gasteiger partial charge in [0.05, 0.1) is 0 Å². The van der Waals surface area contributed by atoms with Crippen molar-refractivity contribution >= 4 is 5.69 Å². The molecule has 1 aromatic rings. The Bertz CT molecular complexity index is 356. The first-order valence-electron chi connectivity index (χ1n) is 4.34. The van der Waals surface area contributed by atoms with Gasteiger partial charge in [0.1, 0.15) is 11.8 Å². The maximum Gasteiger partial charge on any atom is 0.179 e. The van der Waals surface area contributed by atoms with E-state index in [2.05, 4.69) is 0 Å². The minimum Gasteiger partial charge on any atom is -0.628 e. The summed E-state index contributed by atoms with van der Waals surface area (Å²) in [6.07, 6.45) is 1.52. The van der Waals surface area contributed by atoms with E-state index in [9.17, 15) is 5.21 Å². The lowest BCUT2D eigenvalue weighted by Crippen LogP contribution is -3.07. The molecule has 1 heterocycles. The molecule has 3 nitrogen and oxygen atoms in total. The molecule has 0 bridgehead atoms. The smallest absolute Gasteiger partial charge is 0.179 e. The first-order chi connectivity index (χ1) is 6.33. The summed E-state index contributed by atoms with van der Waals surface area (Å²) in [5.74, 6) is 0. The van der Waals surface area contributed by atoms with Crippen molar-refractivity contribution in [2.24, 2.45) is 0 Å². The second-order valence-corrected chi connectivity index (χ2v) is 3.24. The van der Waals surface area contributed by atoms with E-state index in [1.807, 2.05) is 24.3 Å². The van der Waals surface area contributed by atoms with Gasteiger partial charge in [-0.1, -0.05) is 18.2 Å². The van der Waals surface area contributed by atoms with Crippen molar-refractivity contribution in [1.29, 1.82) is 5.26 Å². The fourth-order valence-corrected chi connectivity index (χ4v) is 1.72.